The summed E-state index contributed by atoms with van der Waals surface area (Å²) < 4.78 is 73.3. The number of aromatic hydroxyl groups is 2. The molecule has 0 spiro atoms. The largest absolute Gasteiger partial charge is 0.507 e. The molecule has 0 amide bonds. The Labute approximate surface area is 500 Å². The van der Waals surface area contributed by atoms with Crippen LogP contribution in [0.3, 0.4) is 0 Å². The lowest BCUT2D eigenvalue weighted by atomic mass is 9.78. The fourth-order valence-corrected chi connectivity index (χ4v) is 10.8. The van der Waals surface area contributed by atoms with Gasteiger partial charge in [0.2, 0.25) is 33.7 Å². The summed E-state index contributed by atoms with van der Waals surface area (Å²) in [6.45, 7) is 25.3. The average Bonchev–Trinajstić information content (AvgIpc) is 2.51. The minimum absolute atomic E-state index is 0.0322. The van der Waals surface area contributed by atoms with Crippen molar-refractivity contribution in [2.75, 3.05) is 13.1 Å². The molecule has 0 aliphatic heterocycles. The molecule has 0 saturated carbocycles. The Hall–Kier alpha value is -8.70. The van der Waals surface area contributed by atoms with Gasteiger partial charge in [-0.25, -0.2) is 20.0 Å². The molecular weight excluding hydrogens is 1130 g/mol. The molecule has 20 nitrogen and oxygen atoms in total. The third-order valence-electron chi connectivity index (χ3n) is 13.8. The van der Waals surface area contributed by atoms with Gasteiger partial charge >= 0.3 is 0 Å². The van der Waals surface area contributed by atoms with E-state index in [4.69, 9.17) is 9.98 Å². The molecule has 10 N–H and O–H groups in total. The molecule has 0 radical (unpaired) electrons. The van der Waals surface area contributed by atoms with Crippen molar-refractivity contribution in [3.63, 3.8) is 0 Å². The number of nitrogens with one attached hydrogen (secondary N) is 6. The number of benzene rings is 6. The fourth-order valence-electron chi connectivity index (χ4n) is 9.41. The standard InChI is InChI=1S/C64H76N12O8S2/c1-61(2,3)47-33-39(34-48(53(47)77)62(4,5)6)29-31-65-55-71-57(67-43-19-15-13-16-20-43)75-59(73-55)69-45-27-25-41(51(37-45)85(79,80)81)23-24-42-26-28-46(38-52(42)86(82,83)84)70-60-74-56(72-58(76-60)68-44-21-17-14-18-22-44)66-32-30-40-35-49(63(7,8)9)54(78)50(36-40)64(10,11)12/h13-28,33-38,77-78H,29-32H2,1-12H3,(H,79,80,81)(H,82,83,84)(H3,65,67,69,71,73,75)(H3,66,68,70,72,74,76)/b24-23+. The summed E-state index contributed by atoms with van der Waals surface area (Å²) >= 11 is 0. The van der Waals surface area contributed by atoms with E-state index in [1.54, 1.807) is 0 Å². The van der Waals surface area contributed by atoms with Gasteiger partial charge in [0.25, 0.3) is 20.2 Å². The van der Waals surface area contributed by atoms with E-state index >= 15 is 0 Å². The summed E-state index contributed by atoms with van der Waals surface area (Å²) in [5.74, 6) is 0.573. The first-order chi connectivity index (χ1) is 40.2. The molecule has 0 aliphatic carbocycles. The zero-order valence-electron chi connectivity index (χ0n) is 50.5. The van der Waals surface area contributed by atoms with Crippen LogP contribution in [0.15, 0.2) is 161 Å². The second-order valence-electron chi connectivity index (χ2n) is 25.0. The van der Waals surface area contributed by atoms with Crippen LogP contribution in [0.2, 0.25) is 0 Å². The molecule has 0 saturated heterocycles. The highest BCUT2D eigenvalue weighted by atomic mass is 32.2. The van der Waals surface area contributed by atoms with Gasteiger partial charge in [-0.15, -0.1) is 0 Å². The number of aromatic nitrogens is 6. The molecule has 6 aromatic carbocycles. The normalized spacial score (nSPS) is 14.3. The summed E-state index contributed by atoms with van der Waals surface area (Å²) in [6.07, 6.45) is 3.62. The molecule has 2 aromatic heterocycles. The van der Waals surface area contributed by atoms with E-state index in [1.165, 1.54) is 36.4 Å². The molecule has 22 heteroatoms. The molecule has 2 heterocycles. The van der Waals surface area contributed by atoms with Crippen LogP contribution in [-0.4, -0.2) is 79.1 Å². The van der Waals surface area contributed by atoms with Crippen molar-refractivity contribution in [1.82, 2.24) is 29.9 Å². The Morgan fingerprint density at radius 1 is 0.384 bits per heavy atom. The maximum atomic E-state index is 13.0. The zero-order chi connectivity index (χ0) is 62.6. The number of hydrogen-bond donors (Lipinski definition) is 10. The van der Waals surface area contributed by atoms with Gasteiger partial charge < -0.3 is 10.2 Å². The number of para-hydroxylation sites is 2. The number of nitrogens with zero attached hydrogens (tertiary/aromatic N) is 6. The Bertz CT molecular complexity index is 4180. The fraction of sp³-hybridized carbons (Fsp3) is 0.312. The molecule has 0 fully saturated rings. The summed E-state index contributed by atoms with van der Waals surface area (Å²) in [5.41, 5.74) is 6.75. The minimum atomic E-state index is -4.93. The predicted molar refractivity (Wildman–Crippen MR) is 333 cm³/mol. The van der Waals surface area contributed by atoms with Crippen molar-refractivity contribution in [2.24, 2.45) is 30.0 Å². The van der Waals surface area contributed by atoms with Crippen LogP contribution in [0, 0.1) is 0 Å². The number of phenolic OH excluding ortho intramolecular Hbond substituents is 2. The van der Waals surface area contributed by atoms with Crippen molar-refractivity contribution in [3.05, 3.63) is 200 Å². The quantitative estimate of drug-likeness (QED) is 0.0368. The Balaban J connectivity index is 1.13. The van der Waals surface area contributed by atoms with Gasteiger partial charge in [-0.3, -0.25) is 49.0 Å². The van der Waals surface area contributed by atoms with Gasteiger partial charge in [-0.1, -0.05) is 168 Å². The van der Waals surface area contributed by atoms with Gasteiger partial charge in [0.15, 0.2) is 0 Å². The van der Waals surface area contributed by atoms with Crippen molar-refractivity contribution >= 4 is 55.1 Å². The first-order valence-corrected chi connectivity index (χ1v) is 30.9. The van der Waals surface area contributed by atoms with Gasteiger partial charge in [-0.05, 0) is 128 Å². The van der Waals surface area contributed by atoms with Gasteiger partial charge in [0, 0.05) is 13.1 Å². The average molecular weight is 1210 g/mol. The molecule has 0 bridgehead atoms. The number of H-pyrrole nitrogens is 6. The molecule has 0 unspecified atom stereocenters. The van der Waals surface area contributed by atoms with Crippen molar-refractivity contribution < 1.29 is 36.2 Å². The van der Waals surface area contributed by atoms with Crippen molar-refractivity contribution in [2.45, 2.75) is 127 Å². The van der Waals surface area contributed by atoms with Crippen LogP contribution < -0.4 is 33.7 Å². The third kappa shape index (κ3) is 16.6. The maximum absolute atomic E-state index is 13.0. The predicted octanol–water partition coefficient (Wildman–Crippen LogP) is 10.1. The summed E-state index contributed by atoms with van der Waals surface area (Å²) in [7, 11) is -9.85. The number of aromatic amines is 6. The lowest BCUT2D eigenvalue weighted by Crippen LogP contribution is -2.37. The highest BCUT2D eigenvalue weighted by molar-refractivity contribution is 7.86. The zero-order valence-corrected chi connectivity index (χ0v) is 52.1. The molecule has 86 heavy (non-hydrogen) atoms. The molecule has 0 aliphatic rings. The van der Waals surface area contributed by atoms with Crippen LogP contribution >= 0.6 is 0 Å². The number of hydrogen-bond acceptors (Lipinski definition) is 12. The topological polar surface area (TPSA) is 318 Å². The Morgan fingerprint density at radius 2 is 0.663 bits per heavy atom. The van der Waals surface area contributed by atoms with Crippen molar-refractivity contribution in [3.8, 4) is 11.5 Å². The van der Waals surface area contributed by atoms with Gasteiger partial charge in [0.05, 0.1) is 22.7 Å². The van der Waals surface area contributed by atoms with Crippen LogP contribution in [0.25, 0.3) is 12.2 Å². The molecule has 452 valence electrons. The first-order valence-electron chi connectivity index (χ1n) is 28.0. The summed E-state index contributed by atoms with van der Waals surface area (Å²) in [5, 5.41) is 22.6. The monoisotopic (exact) mass is 1200 g/mol. The molecule has 8 aromatic rings. The SMILES string of the molecule is CC(C)(C)c1cc(CCN=c2[nH]c(=Nc3ccccc3)[nH]c(=Nc3ccc(/C=C/c4ccc(N=c5[nH]c(=NCCc6cc(C(C)(C)C)c(O)c(C(C)(C)C)c6)[nH]c(=Nc6ccccc6)[nH]5)cc4S(=O)(=O)O)c(S(=O)(=O)O)c3)[nH]2)cc(C(C)(C)C)c1O. The lowest BCUT2D eigenvalue weighted by molar-refractivity contribution is 0.422. The van der Waals surface area contributed by atoms with Crippen LogP contribution in [-0.2, 0) is 54.7 Å². The van der Waals surface area contributed by atoms with Gasteiger partial charge in [-0.2, -0.15) is 16.8 Å². The molecule has 8 rings (SSSR count). The highest BCUT2D eigenvalue weighted by Gasteiger charge is 2.28. The maximum Gasteiger partial charge on any atom is 0.295 e. The Morgan fingerprint density at radius 3 is 0.942 bits per heavy atom. The second kappa shape index (κ2) is 25.1. The van der Waals surface area contributed by atoms with Crippen LogP contribution in [0.1, 0.15) is 128 Å². The van der Waals surface area contributed by atoms with Crippen LogP contribution in [0.4, 0.5) is 22.7 Å². The summed E-state index contributed by atoms with van der Waals surface area (Å²) in [4.78, 5) is 45.8. The van der Waals surface area contributed by atoms with E-state index < -0.39 is 30.0 Å². The van der Waals surface area contributed by atoms with E-state index in [0.717, 1.165) is 45.5 Å². The Kier molecular flexibility index (Phi) is 18.5. The highest BCUT2D eigenvalue weighted by Crippen LogP contribution is 2.41. The molecular formula is C64H76N12O8S2. The van der Waals surface area contributed by atoms with E-state index in [0.29, 0.717) is 37.3 Å². The van der Waals surface area contributed by atoms with Crippen LogP contribution in [0.5, 0.6) is 11.5 Å². The summed E-state index contributed by atoms with van der Waals surface area (Å²) in [6, 6.07) is 34.4. The first kappa shape index (κ1) is 63.3. The second-order valence-corrected chi connectivity index (χ2v) is 27.8. The molecule has 0 atom stereocenters. The smallest absolute Gasteiger partial charge is 0.295 e. The van der Waals surface area contributed by atoms with E-state index in [2.05, 4.69) is 133 Å². The minimum Gasteiger partial charge on any atom is -0.507 e. The van der Waals surface area contributed by atoms with E-state index in [1.807, 2.05) is 84.9 Å². The lowest BCUT2D eigenvalue weighted by Gasteiger charge is -2.28. The number of rotatable bonds is 14. The third-order valence-corrected chi connectivity index (χ3v) is 15.6. The van der Waals surface area contributed by atoms with Gasteiger partial charge in [0.1, 0.15) is 21.3 Å². The van der Waals surface area contributed by atoms with E-state index in [9.17, 15) is 36.2 Å². The van der Waals surface area contributed by atoms with Crippen molar-refractivity contribution in [1.29, 1.82) is 0 Å². The number of phenols is 2. The van der Waals surface area contributed by atoms with E-state index in [-0.39, 0.29) is 89.4 Å².